The average Bonchev–Trinajstić information content (AvgIpc) is 2.96. The van der Waals surface area contributed by atoms with Crippen LogP contribution in [0.5, 0.6) is 11.7 Å². The summed E-state index contributed by atoms with van der Waals surface area (Å²) in [6, 6.07) is 13.2. The van der Waals surface area contributed by atoms with Crippen LogP contribution in [-0.4, -0.2) is 15.2 Å². The number of hydrogen-bond donors (Lipinski definition) is 0. The average molecular weight is 303 g/mol. The molecule has 0 bridgehead atoms. The third kappa shape index (κ3) is 2.42. The quantitative estimate of drug-likeness (QED) is 0.562. The first kappa shape index (κ1) is 13.5. The lowest BCUT2D eigenvalue weighted by Crippen LogP contribution is -1.88. The van der Waals surface area contributed by atoms with Crippen molar-refractivity contribution in [1.82, 2.24) is 15.2 Å². The largest absolute Gasteiger partial charge is 0.426 e. The summed E-state index contributed by atoms with van der Waals surface area (Å²) < 4.78 is 11.9. The van der Waals surface area contributed by atoms with Gasteiger partial charge in [-0.05, 0) is 31.2 Å². The van der Waals surface area contributed by atoms with Gasteiger partial charge in [0.1, 0.15) is 11.3 Å². The molecule has 1 aromatic carbocycles. The van der Waals surface area contributed by atoms with Crippen LogP contribution in [0.1, 0.15) is 5.69 Å². The molecule has 0 atom stereocenters. The number of rotatable bonds is 3. The van der Waals surface area contributed by atoms with E-state index in [1.165, 1.54) is 0 Å². The third-order valence-electron chi connectivity index (χ3n) is 3.59. The van der Waals surface area contributed by atoms with Crippen molar-refractivity contribution >= 4 is 11.0 Å². The van der Waals surface area contributed by atoms with Gasteiger partial charge in [0.25, 0.3) is 5.95 Å². The normalized spacial score (nSPS) is 10.8. The van der Waals surface area contributed by atoms with Crippen molar-refractivity contribution in [2.24, 2.45) is 0 Å². The number of hydrogen-bond acceptors (Lipinski definition) is 5. The molecule has 5 heteroatoms. The van der Waals surface area contributed by atoms with Gasteiger partial charge in [-0.3, -0.25) is 4.98 Å². The minimum absolute atomic E-state index is 0.426. The van der Waals surface area contributed by atoms with Gasteiger partial charge < -0.3 is 9.15 Å². The molecule has 0 fully saturated rings. The van der Waals surface area contributed by atoms with Crippen molar-refractivity contribution in [2.75, 3.05) is 0 Å². The monoisotopic (exact) mass is 303 g/mol. The number of benzene rings is 1. The predicted molar refractivity (Wildman–Crippen MR) is 86.3 cm³/mol. The molecule has 0 unspecified atom stereocenters. The number of fused-ring (bicyclic) bond motifs is 1. The van der Waals surface area contributed by atoms with Crippen LogP contribution < -0.4 is 4.74 Å². The molecule has 0 saturated carbocycles. The van der Waals surface area contributed by atoms with Gasteiger partial charge in [0.15, 0.2) is 0 Å². The van der Waals surface area contributed by atoms with Crippen LogP contribution in [0, 0.1) is 6.92 Å². The Balaban J connectivity index is 1.95. The van der Waals surface area contributed by atoms with Gasteiger partial charge in [-0.1, -0.05) is 18.2 Å². The summed E-state index contributed by atoms with van der Waals surface area (Å²) in [7, 11) is 0. The van der Waals surface area contributed by atoms with E-state index in [-0.39, 0.29) is 0 Å². The summed E-state index contributed by atoms with van der Waals surface area (Å²) in [6.45, 7) is 1.95. The van der Waals surface area contributed by atoms with Crippen LogP contribution in [0.15, 0.2) is 65.5 Å². The Morgan fingerprint density at radius 3 is 2.61 bits per heavy atom. The number of para-hydroxylation sites is 1. The highest BCUT2D eigenvalue weighted by Gasteiger charge is 2.20. The Labute approximate surface area is 132 Å². The van der Waals surface area contributed by atoms with E-state index in [9.17, 15) is 0 Å². The Kier molecular flexibility index (Phi) is 3.24. The molecule has 112 valence electrons. The predicted octanol–water partition coefficient (Wildman–Crippen LogP) is 4.39. The van der Waals surface area contributed by atoms with Crippen molar-refractivity contribution in [1.29, 1.82) is 0 Å². The summed E-state index contributed by atoms with van der Waals surface area (Å²) >= 11 is 0. The van der Waals surface area contributed by atoms with E-state index in [1.54, 1.807) is 18.6 Å². The summed E-state index contributed by atoms with van der Waals surface area (Å²) in [4.78, 5) is 4.36. The second-order valence-corrected chi connectivity index (χ2v) is 5.08. The molecule has 5 nitrogen and oxygen atoms in total. The summed E-state index contributed by atoms with van der Waals surface area (Å²) in [5.74, 6) is 1.13. The highest BCUT2D eigenvalue weighted by molar-refractivity contribution is 5.98. The molecule has 4 rings (SSSR count). The van der Waals surface area contributed by atoms with Crippen molar-refractivity contribution < 1.29 is 9.15 Å². The lowest BCUT2D eigenvalue weighted by molar-refractivity contribution is 0.362. The van der Waals surface area contributed by atoms with Crippen molar-refractivity contribution in [3.05, 3.63) is 66.7 Å². The fourth-order valence-corrected chi connectivity index (χ4v) is 2.55. The molecular weight excluding hydrogens is 290 g/mol. The molecule has 0 saturated heterocycles. The standard InChI is InChI=1S/C18H13N3O2/c1-12-16-15(8-9-19-12)23-18(22-14-5-3-2-4-6-14)17(16)13-7-10-20-21-11-13/h2-11H,1H3. The van der Waals surface area contributed by atoms with Crippen molar-refractivity contribution in [3.63, 3.8) is 0 Å². The number of pyridine rings is 1. The molecule has 0 aliphatic heterocycles. The number of nitrogens with zero attached hydrogens (tertiary/aromatic N) is 3. The number of ether oxygens (including phenoxy) is 1. The number of furan rings is 1. The fraction of sp³-hybridized carbons (Fsp3) is 0.0556. The summed E-state index contributed by atoms with van der Waals surface area (Å²) in [5, 5.41) is 8.71. The maximum absolute atomic E-state index is 5.96. The van der Waals surface area contributed by atoms with Crippen LogP contribution in [0.2, 0.25) is 0 Å². The minimum Gasteiger partial charge on any atom is -0.426 e. The fourth-order valence-electron chi connectivity index (χ4n) is 2.55. The first-order chi connectivity index (χ1) is 11.3. The SMILES string of the molecule is Cc1nccc2oc(Oc3ccccc3)c(-c3ccnnc3)c12. The van der Waals surface area contributed by atoms with E-state index in [1.807, 2.05) is 49.4 Å². The molecule has 4 aromatic rings. The molecule has 0 aliphatic rings. The first-order valence-electron chi connectivity index (χ1n) is 7.21. The van der Waals surface area contributed by atoms with E-state index < -0.39 is 0 Å². The molecule has 3 aromatic heterocycles. The lowest BCUT2D eigenvalue weighted by Gasteiger charge is -2.05. The highest BCUT2D eigenvalue weighted by Crippen LogP contribution is 2.42. The van der Waals surface area contributed by atoms with Crippen LogP contribution in [0.4, 0.5) is 0 Å². The van der Waals surface area contributed by atoms with Crippen molar-refractivity contribution in [3.8, 4) is 22.8 Å². The van der Waals surface area contributed by atoms with Crippen LogP contribution in [0.3, 0.4) is 0 Å². The van der Waals surface area contributed by atoms with Gasteiger partial charge in [0, 0.05) is 17.5 Å². The molecule has 0 amide bonds. The van der Waals surface area contributed by atoms with E-state index in [0.29, 0.717) is 11.7 Å². The molecule has 3 heterocycles. The smallest absolute Gasteiger partial charge is 0.299 e. The van der Waals surface area contributed by atoms with Gasteiger partial charge in [-0.15, -0.1) is 0 Å². The minimum atomic E-state index is 0.426. The van der Waals surface area contributed by atoms with Gasteiger partial charge in [0.05, 0.1) is 23.3 Å². The van der Waals surface area contributed by atoms with Gasteiger partial charge in [0.2, 0.25) is 0 Å². The number of aryl methyl sites for hydroxylation is 1. The van der Waals surface area contributed by atoms with Gasteiger partial charge in [-0.25, -0.2) is 0 Å². The Morgan fingerprint density at radius 2 is 1.83 bits per heavy atom. The van der Waals surface area contributed by atoms with E-state index in [0.717, 1.165) is 27.8 Å². The molecule has 0 radical (unpaired) electrons. The van der Waals surface area contributed by atoms with Crippen molar-refractivity contribution in [2.45, 2.75) is 6.92 Å². The number of aromatic nitrogens is 3. The second-order valence-electron chi connectivity index (χ2n) is 5.08. The highest BCUT2D eigenvalue weighted by atomic mass is 16.6. The van der Waals surface area contributed by atoms with Crippen LogP contribution >= 0.6 is 0 Å². The lowest BCUT2D eigenvalue weighted by atomic mass is 10.1. The molecule has 23 heavy (non-hydrogen) atoms. The van der Waals surface area contributed by atoms with Gasteiger partial charge in [-0.2, -0.15) is 10.2 Å². The maximum Gasteiger partial charge on any atom is 0.299 e. The first-order valence-corrected chi connectivity index (χ1v) is 7.21. The third-order valence-corrected chi connectivity index (χ3v) is 3.59. The molecule has 0 N–H and O–H groups in total. The summed E-state index contributed by atoms with van der Waals surface area (Å²) in [6.07, 6.45) is 5.06. The summed E-state index contributed by atoms with van der Waals surface area (Å²) in [5.41, 5.74) is 3.32. The second kappa shape index (κ2) is 5.53. The van der Waals surface area contributed by atoms with E-state index in [2.05, 4.69) is 15.2 Å². The molecule has 0 spiro atoms. The topological polar surface area (TPSA) is 61.0 Å². The zero-order chi connectivity index (χ0) is 15.6. The Hall–Kier alpha value is -3.21. The van der Waals surface area contributed by atoms with Crippen LogP contribution in [0.25, 0.3) is 22.1 Å². The Bertz CT molecular complexity index is 950. The maximum atomic E-state index is 5.96. The van der Waals surface area contributed by atoms with Crippen LogP contribution in [-0.2, 0) is 0 Å². The molecule has 0 aliphatic carbocycles. The van der Waals surface area contributed by atoms with E-state index >= 15 is 0 Å². The Morgan fingerprint density at radius 1 is 0.957 bits per heavy atom. The molecular formula is C18H13N3O2. The zero-order valence-electron chi connectivity index (χ0n) is 12.4. The van der Waals surface area contributed by atoms with E-state index in [4.69, 9.17) is 9.15 Å². The zero-order valence-corrected chi connectivity index (χ0v) is 12.4. The van der Waals surface area contributed by atoms with Gasteiger partial charge >= 0.3 is 0 Å².